The highest BCUT2D eigenvalue weighted by Crippen LogP contribution is 2.27. The summed E-state index contributed by atoms with van der Waals surface area (Å²) in [7, 11) is 1.72. The predicted octanol–water partition coefficient (Wildman–Crippen LogP) is 4.68. The average molecular weight is 382 g/mol. The zero-order valence-corrected chi connectivity index (χ0v) is 15.8. The van der Waals surface area contributed by atoms with E-state index in [2.05, 4.69) is 0 Å². The minimum atomic E-state index is -0.150. The van der Waals surface area contributed by atoms with Gasteiger partial charge < -0.3 is 14.4 Å². The van der Waals surface area contributed by atoms with Gasteiger partial charge in [-0.2, -0.15) is 0 Å². The first-order valence-electron chi connectivity index (χ1n) is 8.02. The third kappa shape index (κ3) is 5.36. The van der Waals surface area contributed by atoms with Crippen molar-refractivity contribution in [3.05, 3.63) is 63.6 Å². The summed E-state index contributed by atoms with van der Waals surface area (Å²) >= 11 is 12.2. The topological polar surface area (TPSA) is 38.8 Å². The number of ether oxygens (including phenoxy) is 2. The van der Waals surface area contributed by atoms with Crippen LogP contribution in [0, 0.1) is 0 Å². The van der Waals surface area contributed by atoms with Crippen molar-refractivity contribution in [2.24, 2.45) is 0 Å². The van der Waals surface area contributed by atoms with E-state index in [0.717, 1.165) is 5.56 Å². The van der Waals surface area contributed by atoms with Gasteiger partial charge in [0.15, 0.2) is 0 Å². The molecule has 6 heteroatoms. The molecule has 0 aliphatic rings. The fourth-order valence-corrected chi connectivity index (χ4v) is 2.71. The first-order chi connectivity index (χ1) is 12.0. The summed E-state index contributed by atoms with van der Waals surface area (Å²) < 4.78 is 10.9. The first-order valence-corrected chi connectivity index (χ1v) is 8.78. The van der Waals surface area contributed by atoms with Gasteiger partial charge in [-0.1, -0.05) is 47.5 Å². The van der Waals surface area contributed by atoms with E-state index in [9.17, 15) is 4.79 Å². The van der Waals surface area contributed by atoms with Crippen molar-refractivity contribution in [1.82, 2.24) is 4.90 Å². The third-order valence-corrected chi connectivity index (χ3v) is 4.45. The van der Waals surface area contributed by atoms with E-state index in [1.165, 1.54) is 0 Å². The van der Waals surface area contributed by atoms with Gasteiger partial charge >= 0.3 is 0 Å². The molecule has 0 unspecified atom stereocenters. The van der Waals surface area contributed by atoms with Gasteiger partial charge in [0.25, 0.3) is 5.91 Å². The molecule has 0 saturated heterocycles. The Morgan fingerprint density at radius 3 is 2.60 bits per heavy atom. The largest absolute Gasteiger partial charge is 0.490 e. The Hall–Kier alpha value is -1.75. The number of hydrogen-bond acceptors (Lipinski definition) is 3. The molecular formula is C19H21Cl2NO3. The zero-order valence-electron chi connectivity index (χ0n) is 14.3. The molecule has 1 amide bonds. The molecule has 0 N–H and O–H groups in total. The van der Waals surface area contributed by atoms with Crippen LogP contribution in [0.15, 0.2) is 42.5 Å². The molecule has 0 saturated carbocycles. The summed E-state index contributed by atoms with van der Waals surface area (Å²) in [6.07, 6.45) is 0. The third-order valence-electron chi connectivity index (χ3n) is 3.59. The molecule has 0 spiro atoms. The Morgan fingerprint density at radius 2 is 1.84 bits per heavy atom. The SMILES string of the molecule is CCOCCOc1ccccc1C(=O)N(C)Cc1cccc(Cl)c1Cl. The fourth-order valence-electron chi connectivity index (χ4n) is 2.33. The van der Waals surface area contributed by atoms with Crippen LogP contribution in [0.2, 0.25) is 10.0 Å². The second kappa shape index (κ2) is 9.66. The Kier molecular flexibility index (Phi) is 7.56. The molecular weight excluding hydrogens is 361 g/mol. The van der Waals surface area contributed by atoms with Crippen molar-refractivity contribution in [1.29, 1.82) is 0 Å². The number of rotatable bonds is 8. The van der Waals surface area contributed by atoms with E-state index in [1.54, 1.807) is 30.1 Å². The number of carbonyl (C=O) groups is 1. The van der Waals surface area contributed by atoms with Crippen molar-refractivity contribution in [3.8, 4) is 5.75 Å². The van der Waals surface area contributed by atoms with Gasteiger partial charge in [0.05, 0.1) is 22.2 Å². The number of para-hydroxylation sites is 1. The molecule has 0 aliphatic carbocycles. The Bertz CT molecular complexity index is 722. The van der Waals surface area contributed by atoms with Gasteiger partial charge in [-0.05, 0) is 30.7 Å². The van der Waals surface area contributed by atoms with Gasteiger partial charge in [0.1, 0.15) is 12.4 Å². The maximum atomic E-state index is 12.8. The van der Waals surface area contributed by atoms with Crippen LogP contribution in [0.4, 0.5) is 0 Å². The molecule has 0 bridgehead atoms. The van der Waals surface area contributed by atoms with Crippen LogP contribution in [0.25, 0.3) is 0 Å². The molecule has 0 radical (unpaired) electrons. The summed E-state index contributed by atoms with van der Waals surface area (Å²) in [5.74, 6) is 0.388. The quantitative estimate of drug-likeness (QED) is 0.623. The Balaban J connectivity index is 2.10. The van der Waals surface area contributed by atoms with Gasteiger partial charge in [-0.25, -0.2) is 0 Å². The van der Waals surface area contributed by atoms with Gasteiger partial charge in [-0.3, -0.25) is 4.79 Å². The fraction of sp³-hybridized carbons (Fsp3) is 0.316. The lowest BCUT2D eigenvalue weighted by Gasteiger charge is -2.20. The number of carbonyl (C=O) groups excluding carboxylic acids is 1. The zero-order chi connectivity index (χ0) is 18.2. The predicted molar refractivity (Wildman–Crippen MR) is 101 cm³/mol. The molecule has 2 rings (SSSR count). The summed E-state index contributed by atoms with van der Waals surface area (Å²) in [6, 6.07) is 12.5. The second-order valence-electron chi connectivity index (χ2n) is 5.42. The molecule has 0 atom stereocenters. The van der Waals surface area contributed by atoms with Gasteiger partial charge in [0, 0.05) is 20.2 Å². The van der Waals surface area contributed by atoms with Crippen molar-refractivity contribution in [2.45, 2.75) is 13.5 Å². The summed E-state index contributed by atoms with van der Waals surface area (Å²) in [5, 5.41) is 0.935. The number of benzene rings is 2. The van der Waals surface area contributed by atoms with Crippen LogP contribution >= 0.6 is 23.2 Å². The normalized spacial score (nSPS) is 10.6. The van der Waals surface area contributed by atoms with Gasteiger partial charge in [-0.15, -0.1) is 0 Å². The molecule has 0 aliphatic heterocycles. The average Bonchev–Trinajstić information content (AvgIpc) is 2.62. The molecule has 0 aromatic heterocycles. The van der Waals surface area contributed by atoms with Crippen LogP contribution < -0.4 is 4.74 Å². The number of halogens is 2. The molecule has 2 aromatic carbocycles. The van der Waals surface area contributed by atoms with Crippen molar-refractivity contribution < 1.29 is 14.3 Å². The minimum Gasteiger partial charge on any atom is -0.490 e. The Labute approximate surface area is 158 Å². The highest BCUT2D eigenvalue weighted by molar-refractivity contribution is 6.42. The van der Waals surface area contributed by atoms with Gasteiger partial charge in [0.2, 0.25) is 0 Å². The van der Waals surface area contributed by atoms with Crippen LogP contribution in [0.1, 0.15) is 22.8 Å². The van der Waals surface area contributed by atoms with E-state index >= 15 is 0 Å². The standard InChI is InChI=1S/C19H21Cl2NO3/c1-3-24-11-12-25-17-10-5-4-8-15(17)19(23)22(2)13-14-7-6-9-16(20)18(14)21/h4-10H,3,11-13H2,1-2H3. The van der Waals surface area contributed by atoms with Crippen LogP contribution in [0.3, 0.4) is 0 Å². The molecule has 4 nitrogen and oxygen atoms in total. The Morgan fingerprint density at radius 1 is 1.08 bits per heavy atom. The molecule has 0 heterocycles. The van der Waals surface area contributed by atoms with Crippen molar-refractivity contribution in [3.63, 3.8) is 0 Å². The highest BCUT2D eigenvalue weighted by Gasteiger charge is 2.18. The second-order valence-corrected chi connectivity index (χ2v) is 6.20. The summed E-state index contributed by atoms with van der Waals surface area (Å²) in [6.45, 7) is 3.78. The summed E-state index contributed by atoms with van der Waals surface area (Å²) in [5.41, 5.74) is 1.29. The minimum absolute atomic E-state index is 0.150. The number of amides is 1. The number of hydrogen-bond donors (Lipinski definition) is 0. The van der Waals surface area contributed by atoms with E-state index in [-0.39, 0.29) is 5.91 Å². The van der Waals surface area contributed by atoms with E-state index < -0.39 is 0 Å². The van der Waals surface area contributed by atoms with Crippen LogP contribution in [-0.4, -0.2) is 37.7 Å². The molecule has 0 fully saturated rings. The number of nitrogens with zero attached hydrogens (tertiary/aromatic N) is 1. The lowest BCUT2D eigenvalue weighted by atomic mass is 10.1. The van der Waals surface area contributed by atoms with E-state index in [4.69, 9.17) is 32.7 Å². The summed E-state index contributed by atoms with van der Waals surface area (Å²) in [4.78, 5) is 14.4. The molecule has 2 aromatic rings. The lowest BCUT2D eigenvalue weighted by Crippen LogP contribution is -2.27. The smallest absolute Gasteiger partial charge is 0.257 e. The van der Waals surface area contributed by atoms with Crippen LogP contribution in [0.5, 0.6) is 5.75 Å². The van der Waals surface area contributed by atoms with Crippen molar-refractivity contribution >= 4 is 29.1 Å². The maximum Gasteiger partial charge on any atom is 0.257 e. The highest BCUT2D eigenvalue weighted by atomic mass is 35.5. The van der Waals surface area contributed by atoms with Crippen molar-refractivity contribution in [2.75, 3.05) is 26.9 Å². The molecule has 25 heavy (non-hydrogen) atoms. The first kappa shape index (κ1) is 19.6. The van der Waals surface area contributed by atoms with E-state index in [1.807, 2.05) is 31.2 Å². The maximum absolute atomic E-state index is 12.8. The van der Waals surface area contributed by atoms with Crippen LogP contribution in [-0.2, 0) is 11.3 Å². The lowest BCUT2D eigenvalue weighted by molar-refractivity contribution is 0.0774. The van der Waals surface area contributed by atoms with E-state index in [0.29, 0.717) is 47.7 Å². The molecule has 134 valence electrons. The monoisotopic (exact) mass is 381 g/mol.